The molecule has 0 bridgehead atoms. The Hall–Kier alpha value is -0.0600. The van der Waals surface area contributed by atoms with Gasteiger partial charge in [0.15, 0.2) is 0 Å². The Morgan fingerprint density at radius 3 is 2.75 bits per heavy atom. The van der Waals surface area contributed by atoms with Gasteiger partial charge in [0.05, 0.1) is 8.79 Å². The summed E-state index contributed by atoms with van der Waals surface area (Å²) in [6.45, 7) is 2.91. The van der Waals surface area contributed by atoms with Gasteiger partial charge in [0.2, 0.25) is 0 Å². The van der Waals surface area contributed by atoms with E-state index in [4.69, 9.17) is 5.73 Å². The van der Waals surface area contributed by atoms with Crippen LogP contribution in [-0.4, -0.2) is 19.6 Å². The molecule has 0 saturated heterocycles. The van der Waals surface area contributed by atoms with E-state index in [0.29, 0.717) is 0 Å². The number of nitrogens with zero attached hydrogens (tertiary/aromatic N) is 1. The van der Waals surface area contributed by atoms with Crippen molar-refractivity contribution in [1.82, 2.24) is 0 Å². The van der Waals surface area contributed by atoms with Gasteiger partial charge in [0.25, 0.3) is 0 Å². The fraction of sp³-hybridized carbons (Fsp3) is 0.500. The summed E-state index contributed by atoms with van der Waals surface area (Å²) in [5.41, 5.74) is 5.69. The number of hydrogen-bond acceptors (Lipinski definition) is 3. The molecule has 1 aromatic rings. The Morgan fingerprint density at radius 2 is 2.33 bits per heavy atom. The summed E-state index contributed by atoms with van der Waals surface area (Å²) in [6, 6.07) is 4.37. The lowest BCUT2D eigenvalue weighted by atomic mass is 10.3. The number of rotatable bonds is 3. The maximum Gasteiger partial charge on any atom is 0.0918 e. The van der Waals surface area contributed by atoms with Gasteiger partial charge in [-0.1, -0.05) is 0 Å². The molecule has 2 nitrogen and oxygen atoms in total. The van der Waals surface area contributed by atoms with Crippen LogP contribution in [0, 0.1) is 0 Å². The molecular formula is C8H13BrN2S. The smallest absolute Gasteiger partial charge is 0.0918 e. The molecule has 0 aliphatic carbocycles. The minimum atomic E-state index is 0.218. The largest absolute Gasteiger partial charge is 0.365 e. The van der Waals surface area contributed by atoms with Crippen LogP contribution in [0.1, 0.15) is 6.92 Å². The highest BCUT2D eigenvalue weighted by Gasteiger charge is 2.05. The molecule has 4 heteroatoms. The van der Waals surface area contributed by atoms with Crippen molar-refractivity contribution in [3.05, 3.63) is 15.9 Å². The second-order valence-electron chi connectivity index (χ2n) is 2.94. The van der Waals surface area contributed by atoms with Crippen molar-refractivity contribution in [2.45, 2.75) is 13.0 Å². The molecule has 0 aliphatic rings. The van der Waals surface area contributed by atoms with Gasteiger partial charge < -0.3 is 10.6 Å². The lowest BCUT2D eigenvalue weighted by Gasteiger charge is -2.18. The van der Waals surface area contributed by atoms with E-state index < -0.39 is 0 Å². The second-order valence-corrected chi connectivity index (χ2v) is 5.38. The van der Waals surface area contributed by atoms with Crippen molar-refractivity contribution >= 4 is 32.3 Å². The molecule has 1 unspecified atom stereocenters. The Morgan fingerprint density at radius 1 is 1.67 bits per heavy atom. The third-order valence-electron chi connectivity index (χ3n) is 1.50. The van der Waals surface area contributed by atoms with Gasteiger partial charge in [-0.05, 0) is 35.0 Å². The van der Waals surface area contributed by atoms with E-state index in [-0.39, 0.29) is 6.04 Å². The zero-order chi connectivity index (χ0) is 9.14. The lowest BCUT2D eigenvalue weighted by Crippen LogP contribution is -2.32. The van der Waals surface area contributed by atoms with Crippen molar-refractivity contribution in [2.24, 2.45) is 5.73 Å². The maximum atomic E-state index is 5.69. The van der Waals surface area contributed by atoms with Crippen molar-refractivity contribution in [1.29, 1.82) is 0 Å². The number of halogens is 1. The molecule has 12 heavy (non-hydrogen) atoms. The predicted octanol–water partition coefficient (Wildman–Crippen LogP) is 2.29. The van der Waals surface area contributed by atoms with E-state index in [1.807, 2.05) is 6.92 Å². The first-order chi connectivity index (χ1) is 5.59. The van der Waals surface area contributed by atoms with Gasteiger partial charge in [0.1, 0.15) is 0 Å². The summed E-state index contributed by atoms with van der Waals surface area (Å²) in [6.07, 6.45) is 0. The molecule has 0 radical (unpaired) electrons. The Balaban J connectivity index is 2.58. The van der Waals surface area contributed by atoms with E-state index in [0.717, 1.165) is 10.3 Å². The summed E-state index contributed by atoms with van der Waals surface area (Å²) in [7, 11) is 2.06. The number of hydrogen-bond donors (Lipinski definition) is 1. The zero-order valence-electron chi connectivity index (χ0n) is 7.25. The van der Waals surface area contributed by atoms with Crippen LogP contribution in [0.2, 0.25) is 0 Å². The average molecular weight is 249 g/mol. The van der Waals surface area contributed by atoms with Crippen molar-refractivity contribution in [2.75, 3.05) is 18.5 Å². The standard InChI is InChI=1S/C8H13BrN2S/c1-6(10)5-11(2)8-4-3-7(9)12-8/h3-4,6H,5,10H2,1-2H3. The lowest BCUT2D eigenvalue weighted by molar-refractivity contribution is 0.721. The van der Waals surface area contributed by atoms with Gasteiger partial charge in [-0.2, -0.15) is 0 Å². The van der Waals surface area contributed by atoms with Crippen LogP contribution in [0.15, 0.2) is 15.9 Å². The van der Waals surface area contributed by atoms with Crippen LogP contribution >= 0.6 is 27.3 Å². The van der Waals surface area contributed by atoms with Gasteiger partial charge in [0, 0.05) is 19.6 Å². The summed E-state index contributed by atoms with van der Waals surface area (Å²) in [5, 5.41) is 1.25. The van der Waals surface area contributed by atoms with E-state index in [1.165, 1.54) is 5.00 Å². The van der Waals surface area contributed by atoms with Crippen LogP contribution in [0.4, 0.5) is 5.00 Å². The highest BCUT2D eigenvalue weighted by Crippen LogP contribution is 2.28. The normalized spacial score (nSPS) is 13.0. The third kappa shape index (κ3) is 2.77. The molecule has 2 N–H and O–H groups in total. The molecule has 0 spiro atoms. The topological polar surface area (TPSA) is 29.3 Å². The zero-order valence-corrected chi connectivity index (χ0v) is 9.65. The van der Waals surface area contributed by atoms with Crippen LogP contribution in [0.25, 0.3) is 0 Å². The monoisotopic (exact) mass is 248 g/mol. The van der Waals surface area contributed by atoms with Crippen LogP contribution in [0.5, 0.6) is 0 Å². The summed E-state index contributed by atoms with van der Waals surface area (Å²) >= 11 is 5.15. The molecule has 0 aliphatic heterocycles. The minimum Gasteiger partial charge on any atom is -0.365 e. The SMILES string of the molecule is CC(N)CN(C)c1ccc(Br)s1. The fourth-order valence-corrected chi connectivity index (χ4v) is 2.36. The Kier molecular flexibility index (Phi) is 3.55. The predicted molar refractivity (Wildman–Crippen MR) is 58.9 cm³/mol. The molecule has 0 saturated carbocycles. The molecule has 0 amide bonds. The molecule has 1 rings (SSSR count). The molecule has 1 heterocycles. The van der Waals surface area contributed by atoms with Gasteiger partial charge in [-0.25, -0.2) is 0 Å². The first-order valence-corrected chi connectivity index (χ1v) is 5.42. The first-order valence-electron chi connectivity index (χ1n) is 3.81. The molecular weight excluding hydrogens is 236 g/mol. The van der Waals surface area contributed by atoms with Crippen LogP contribution < -0.4 is 10.6 Å². The van der Waals surface area contributed by atoms with Crippen LogP contribution in [0.3, 0.4) is 0 Å². The average Bonchev–Trinajstić information content (AvgIpc) is 2.34. The van der Waals surface area contributed by atoms with E-state index in [2.05, 4.69) is 40.0 Å². The van der Waals surface area contributed by atoms with Gasteiger partial charge in [-0.15, -0.1) is 11.3 Å². The number of thiophene rings is 1. The van der Waals surface area contributed by atoms with Crippen molar-refractivity contribution in [3.63, 3.8) is 0 Å². The first kappa shape index (κ1) is 10.0. The highest BCUT2D eigenvalue weighted by atomic mass is 79.9. The number of nitrogens with two attached hydrogens (primary N) is 1. The highest BCUT2D eigenvalue weighted by molar-refractivity contribution is 9.11. The Labute approximate surface area is 85.5 Å². The van der Waals surface area contributed by atoms with E-state index >= 15 is 0 Å². The molecule has 0 fully saturated rings. The van der Waals surface area contributed by atoms with E-state index in [9.17, 15) is 0 Å². The molecule has 68 valence electrons. The Bertz CT molecular complexity index is 247. The minimum absolute atomic E-state index is 0.218. The molecule has 1 aromatic heterocycles. The molecule has 0 aromatic carbocycles. The number of likely N-dealkylation sites (N-methyl/N-ethyl adjacent to an activating group) is 1. The van der Waals surface area contributed by atoms with E-state index in [1.54, 1.807) is 11.3 Å². The third-order valence-corrected chi connectivity index (χ3v) is 3.24. The van der Waals surface area contributed by atoms with Crippen molar-refractivity contribution in [3.8, 4) is 0 Å². The van der Waals surface area contributed by atoms with Gasteiger partial charge >= 0.3 is 0 Å². The summed E-state index contributed by atoms with van der Waals surface area (Å²) in [4.78, 5) is 2.17. The maximum absolute atomic E-state index is 5.69. The van der Waals surface area contributed by atoms with Crippen LogP contribution in [-0.2, 0) is 0 Å². The van der Waals surface area contributed by atoms with Crippen molar-refractivity contribution < 1.29 is 0 Å². The molecule has 1 atom stereocenters. The summed E-state index contributed by atoms with van der Waals surface area (Å²) in [5.74, 6) is 0. The summed E-state index contributed by atoms with van der Waals surface area (Å²) < 4.78 is 1.16. The number of anilines is 1. The quantitative estimate of drug-likeness (QED) is 0.890. The second kappa shape index (κ2) is 4.25. The van der Waals surface area contributed by atoms with Gasteiger partial charge in [-0.3, -0.25) is 0 Å². The fourth-order valence-electron chi connectivity index (χ4n) is 1.03.